The Morgan fingerprint density at radius 1 is 0.500 bits per heavy atom. The average molecular weight is 519 g/mol. The second kappa shape index (κ2) is 9.05. The zero-order chi connectivity index (χ0) is 23.4. The summed E-state index contributed by atoms with van der Waals surface area (Å²) < 4.78 is 0. The van der Waals surface area contributed by atoms with Crippen molar-refractivity contribution in [2.75, 3.05) is 0 Å². The highest BCUT2D eigenvalue weighted by Crippen LogP contribution is 2.49. The lowest BCUT2D eigenvalue weighted by atomic mass is 9.97. The third kappa shape index (κ3) is 3.83. The first-order valence-corrected chi connectivity index (χ1v) is 15.7. The molecule has 0 N–H and O–H groups in total. The van der Waals surface area contributed by atoms with Crippen molar-refractivity contribution in [3.05, 3.63) is 76.8 Å². The second-order valence-electron chi connectivity index (χ2n) is 9.56. The van der Waals surface area contributed by atoms with E-state index in [1.165, 1.54) is 90.0 Å². The highest BCUT2D eigenvalue weighted by Gasteiger charge is 2.25. The highest BCUT2D eigenvalue weighted by molar-refractivity contribution is 7.22. The van der Waals surface area contributed by atoms with Crippen molar-refractivity contribution in [3.63, 3.8) is 0 Å². The quantitative estimate of drug-likeness (QED) is 0.246. The third-order valence-corrected chi connectivity index (χ3v) is 11.5. The van der Waals surface area contributed by atoms with Crippen LogP contribution in [0, 0.1) is 27.7 Å². The van der Waals surface area contributed by atoms with Crippen LogP contribution in [0.3, 0.4) is 0 Å². The summed E-state index contributed by atoms with van der Waals surface area (Å²) in [4.78, 5) is 8.75. The molecule has 0 aliphatic heterocycles. The van der Waals surface area contributed by atoms with Crippen LogP contribution in [0.2, 0.25) is 0 Å². The molecule has 4 heteroatoms. The van der Waals surface area contributed by atoms with E-state index < -0.39 is 0 Å². The van der Waals surface area contributed by atoms with Gasteiger partial charge < -0.3 is 0 Å². The summed E-state index contributed by atoms with van der Waals surface area (Å²) in [5.74, 6) is 0. The van der Waals surface area contributed by atoms with E-state index >= 15 is 0 Å². The summed E-state index contributed by atoms with van der Waals surface area (Å²) in [6.07, 6.45) is 7.44. The van der Waals surface area contributed by atoms with E-state index in [0.717, 1.165) is 0 Å². The third-order valence-electron chi connectivity index (χ3n) is 7.53. The molecule has 2 aliphatic rings. The molecule has 0 bridgehead atoms. The molecule has 0 unspecified atom stereocenters. The van der Waals surface area contributed by atoms with E-state index in [1.54, 1.807) is 22.3 Å². The molecule has 0 amide bonds. The molecule has 0 nitrogen and oxygen atoms in total. The first-order chi connectivity index (χ1) is 16.5. The van der Waals surface area contributed by atoms with Crippen LogP contribution in [0.5, 0.6) is 0 Å². The lowest BCUT2D eigenvalue weighted by Gasteiger charge is -2.07. The van der Waals surface area contributed by atoms with Gasteiger partial charge in [0.2, 0.25) is 0 Å². The summed E-state index contributed by atoms with van der Waals surface area (Å²) in [7, 11) is 0. The van der Waals surface area contributed by atoms with E-state index in [4.69, 9.17) is 0 Å². The summed E-state index contributed by atoms with van der Waals surface area (Å²) >= 11 is 7.73. The van der Waals surface area contributed by atoms with Crippen LogP contribution in [-0.2, 0) is 0 Å². The van der Waals surface area contributed by atoms with Crippen molar-refractivity contribution >= 4 is 67.6 Å². The minimum Gasteiger partial charge on any atom is -0.149 e. The molecule has 2 aliphatic carbocycles. The van der Waals surface area contributed by atoms with Crippen molar-refractivity contribution in [2.45, 2.75) is 66.2 Å². The number of rotatable bonds is 5. The van der Waals surface area contributed by atoms with Crippen LogP contribution in [0.15, 0.2) is 35.0 Å². The van der Waals surface area contributed by atoms with Crippen LogP contribution in [0.1, 0.15) is 80.3 Å². The Hall–Kier alpha value is -1.72. The van der Waals surface area contributed by atoms with E-state index in [9.17, 15) is 0 Å². The Bertz CT molecular complexity index is 1330. The lowest BCUT2D eigenvalue weighted by molar-refractivity contribution is 0.941. The van der Waals surface area contributed by atoms with Crippen molar-refractivity contribution < 1.29 is 0 Å². The maximum atomic E-state index is 2.50. The number of aryl methyl sites for hydroxylation is 4. The largest absolute Gasteiger partial charge is 0.149 e. The number of hydrogen-bond donors (Lipinski definition) is 0. The fourth-order valence-corrected chi connectivity index (χ4v) is 9.50. The SMILES string of the molecule is Cc1sccc1C1=C(c2cc(-c3cc(C4=C(c5ccsc5C)CCC4)c(C)s3)sc2C)CCC1. The van der Waals surface area contributed by atoms with Gasteiger partial charge in [0.1, 0.15) is 0 Å². The van der Waals surface area contributed by atoms with E-state index in [2.05, 4.69) is 62.7 Å². The number of allylic oxidation sites excluding steroid dienone is 4. The monoisotopic (exact) mass is 518 g/mol. The van der Waals surface area contributed by atoms with Crippen LogP contribution in [0.4, 0.5) is 0 Å². The fraction of sp³-hybridized carbons (Fsp3) is 0.333. The fourth-order valence-electron chi connectivity index (χ4n) is 5.88. The maximum absolute atomic E-state index is 2.50. The standard InChI is InChI=1S/C30H30S4/c1-17-21(11-13-31-17)23-7-5-9-25(23)27-15-29(33-19(27)3)30-16-28(20(4)34-30)26-10-6-8-24(26)22-12-14-32-18(22)2/h11-16H,5-10H2,1-4H3. The van der Waals surface area contributed by atoms with Gasteiger partial charge in [0.25, 0.3) is 0 Å². The molecule has 0 aromatic carbocycles. The van der Waals surface area contributed by atoms with Gasteiger partial charge in [-0.05, 0) is 146 Å². The molecule has 6 rings (SSSR count). The molecule has 0 atom stereocenters. The second-order valence-corrected chi connectivity index (χ2v) is 14.3. The number of hydrogen-bond acceptors (Lipinski definition) is 4. The Labute approximate surface area is 219 Å². The minimum atomic E-state index is 1.21. The minimum absolute atomic E-state index is 1.21. The van der Waals surface area contributed by atoms with E-state index in [-0.39, 0.29) is 0 Å². The average Bonchev–Trinajstić information content (AvgIpc) is 3.61. The van der Waals surface area contributed by atoms with Crippen LogP contribution < -0.4 is 0 Å². The van der Waals surface area contributed by atoms with Gasteiger partial charge in [-0.25, -0.2) is 0 Å². The molecule has 0 spiro atoms. The molecule has 4 aromatic rings. The predicted molar refractivity (Wildman–Crippen MR) is 157 cm³/mol. The van der Waals surface area contributed by atoms with Crippen molar-refractivity contribution in [1.29, 1.82) is 0 Å². The van der Waals surface area contributed by atoms with Crippen LogP contribution >= 0.6 is 45.3 Å². The smallest absolute Gasteiger partial charge is 0.0451 e. The Morgan fingerprint density at radius 2 is 0.882 bits per heavy atom. The molecular formula is C30H30S4. The molecule has 0 saturated heterocycles. The van der Waals surface area contributed by atoms with Gasteiger partial charge in [-0.15, -0.1) is 45.3 Å². The Morgan fingerprint density at radius 3 is 1.24 bits per heavy atom. The van der Waals surface area contributed by atoms with E-state index in [1.807, 2.05) is 45.3 Å². The van der Waals surface area contributed by atoms with Crippen molar-refractivity contribution in [3.8, 4) is 9.75 Å². The molecule has 174 valence electrons. The normalized spacial score (nSPS) is 16.5. The Balaban J connectivity index is 1.40. The summed E-state index contributed by atoms with van der Waals surface area (Å²) in [6.45, 7) is 9.19. The van der Waals surface area contributed by atoms with Gasteiger partial charge >= 0.3 is 0 Å². The molecule has 4 heterocycles. The first kappa shape index (κ1) is 22.7. The molecule has 0 saturated carbocycles. The topological polar surface area (TPSA) is 0 Å². The lowest BCUT2D eigenvalue weighted by Crippen LogP contribution is -1.86. The first-order valence-electron chi connectivity index (χ1n) is 12.3. The predicted octanol–water partition coefficient (Wildman–Crippen LogP) is 11.0. The van der Waals surface area contributed by atoms with Crippen LogP contribution in [-0.4, -0.2) is 0 Å². The number of thiophene rings is 4. The van der Waals surface area contributed by atoms with Gasteiger partial charge in [0.05, 0.1) is 0 Å². The van der Waals surface area contributed by atoms with E-state index in [0.29, 0.717) is 0 Å². The summed E-state index contributed by atoms with van der Waals surface area (Å²) in [6, 6.07) is 9.68. The molecule has 0 radical (unpaired) electrons. The molecular weight excluding hydrogens is 489 g/mol. The van der Waals surface area contributed by atoms with Gasteiger partial charge in [-0.3, -0.25) is 0 Å². The van der Waals surface area contributed by atoms with Crippen molar-refractivity contribution in [2.24, 2.45) is 0 Å². The Kier molecular flexibility index (Phi) is 6.05. The van der Waals surface area contributed by atoms with Gasteiger partial charge in [-0.2, -0.15) is 0 Å². The molecule has 34 heavy (non-hydrogen) atoms. The van der Waals surface area contributed by atoms with Crippen molar-refractivity contribution in [1.82, 2.24) is 0 Å². The molecule has 0 fully saturated rings. The van der Waals surface area contributed by atoms with Gasteiger partial charge in [-0.1, -0.05) is 0 Å². The van der Waals surface area contributed by atoms with Gasteiger partial charge in [0.15, 0.2) is 0 Å². The van der Waals surface area contributed by atoms with Gasteiger partial charge in [0, 0.05) is 29.3 Å². The zero-order valence-corrected chi connectivity index (χ0v) is 23.6. The zero-order valence-electron chi connectivity index (χ0n) is 20.3. The maximum Gasteiger partial charge on any atom is 0.0451 e. The van der Waals surface area contributed by atoms with Crippen LogP contribution in [0.25, 0.3) is 32.0 Å². The summed E-state index contributed by atoms with van der Waals surface area (Å²) in [5, 5.41) is 4.50. The summed E-state index contributed by atoms with van der Waals surface area (Å²) in [5.41, 5.74) is 12.4. The highest BCUT2D eigenvalue weighted by atomic mass is 32.1. The molecule has 4 aromatic heterocycles.